The minimum absolute atomic E-state index is 0.426. The number of rotatable bonds is 1. The van der Waals surface area contributed by atoms with Crippen LogP contribution in [0.1, 0.15) is 31.4 Å². The van der Waals surface area contributed by atoms with Gasteiger partial charge in [0.05, 0.1) is 17.6 Å². The summed E-state index contributed by atoms with van der Waals surface area (Å²) in [5, 5.41) is 8.03. The fourth-order valence-corrected chi connectivity index (χ4v) is 3.69. The lowest BCUT2D eigenvalue weighted by Gasteiger charge is -2.32. The molecule has 3 rings (SSSR count). The van der Waals surface area contributed by atoms with E-state index in [4.69, 9.17) is 0 Å². The Hall–Kier alpha value is -2.02. The van der Waals surface area contributed by atoms with Gasteiger partial charge in [-0.1, -0.05) is 6.07 Å². The minimum Gasteiger partial charge on any atom is -0.451 e. The number of hydrazone groups is 1. The molecule has 2 amide bonds. The van der Waals surface area contributed by atoms with Gasteiger partial charge in [0.15, 0.2) is 0 Å². The summed E-state index contributed by atoms with van der Waals surface area (Å²) in [6.07, 6.45) is 1.33. The molecule has 0 saturated carbocycles. The molecule has 1 aromatic rings. The van der Waals surface area contributed by atoms with Gasteiger partial charge in [-0.05, 0) is 61.7 Å². The number of thioether (sulfide) groups is 1. The third-order valence-electron chi connectivity index (χ3n) is 3.95. The standard InChI is InChI=1S/C16H19N3O3S/c1-16(2)13(18-19(14(20)22-3)15(21)23-16)11-6-7-12-10(9-11)5-4-8-17-12/h6-7,9,17H,4-5,8H2,1-3H3. The van der Waals surface area contributed by atoms with E-state index in [1.165, 1.54) is 12.7 Å². The second-order valence-electron chi connectivity index (χ2n) is 6.01. The predicted molar refractivity (Wildman–Crippen MR) is 91.1 cm³/mol. The van der Waals surface area contributed by atoms with E-state index in [-0.39, 0.29) is 0 Å². The lowest BCUT2D eigenvalue weighted by atomic mass is 9.94. The topological polar surface area (TPSA) is 71.0 Å². The maximum atomic E-state index is 12.1. The summed E-state index contributed by atoms with van der Waals surface area (Å²) in [5.41, 5.74) is 3.99. The lowest BCUT2D eigenvalue weighted by molar-refractivity contribution is 0.136. The first-order valence-electron chi connectivity index (χ1n) is 7.49. The molecule has 2 aliphatic heterocycles. The van der Waals surface area contributed by atoms with E-state index in [1.54, 1.807) is 0 Å². The van der Waals surface area contributed by atoms with Crippen molar-refractivity contribution < 1.29 is 14.3 Å². The van der Waals surface area contributed by atoms with Crippen LogP contribution in [0, 0.1) is 0 Å². The number of nitrogens with one attached hydrogen (secondary N) is 1. The first-order valence-corrected chi connectivity index (χ1v) is 8.31. The number of imide groups is 1. The third-order valence-corrected chi connectivity index (χ3v) is 5.00. The molecular weight excluding hydrogens is 314 g/mol. The van der Waals surface area contributed by atoms with E-state index in [0.29, 0.717) is 5.71 Å². The number of anilines is 1. The van der Waals surface area contributed by atoms with Gasteiger partial charge in [0, 0.05) is 12.2 Å². The fourth-order valence-electron chi connectivity index (χ4n) is 2.80. The summed E-state index contributed by atoms with van der Waals surface area (Å²) < 4.78 is 4.12. The van der Waals surface area contributed by atoms with Gasteiger partial charge in [-0.15, -0.1) is 5.01 Å². The SMILES string of the molecule is COC(=O)N1N=C(c2ccc3c(c2)CCCN3)C(C)(C)SC1=O. The van der Waals surface area contributed by atoms with Crippen molar-refractivity contribution in [3.63, 3.8) is 0 Å². The number of hydrogen-bond donors (Lipinski definition) is 1. The number of hydrogen-bond acceptors (Lipinski definition) is 6. The molecule has 0 bridgehead atoms. The van der Waals surface area contributed by atoms with Gasteiger partial charge >= 0.3 is 11.3 Å². The van der Waals surface area contributed by atoms with Crippen LogP contribution in [0.3, 0.4) is 0 Å². The van der Waals surface area contributed by atoms with Crippen LogP contribution in [0.5, 0.6) is 0 Å². The van der Waals surface area contributed by atoms with Crippen molar-refractivity contribution in [1.82, 2.24) is 5.01 Å². The van der Waals surface area contributed by atoms with Crippen LogP contribution < -0.4 is 5.32 Å². The number of nitrogens with zero attached hydrogens (tertiary/aromatic N) is 2. The van der Waals surface area contributed by atoms with E-state index < -0.39 is 16.1 Å². The van der Waals surface area contributed by atoms with Crippen molar-refractivity contribution in [1.29, 1.82) is 0 Å². The summed E-state index contributed by atoms with van der Waals surface area (Å²) in [6.45, 7) is 4.85. The number of carbonyl (C=O) groups is 2. The molecule has 0 unspecified atom stereocenters. The second kappa shape index (κ2) is 5.88. The van der Waals surface area contributed by atoms with Crippen LogP contribution in [0.2, 0.25) is 0 Å². The van der Waals surface area contributed by atoms with Crippen molar-refractivity contribution in [3.05, 3.63) is 29.3 Å². The molecule has 0 atom stereocenters. The van der Waals surface area contributed by atoms with Gasteiger partial charge in [0.1, 0.15) is 0 Å². The number of carbonyl (C=O) groups excluding carboxylic acids is 2. The molecule has 1 aromatic carbocycles. The quantitative estimate of drug-likeness (QED) is 0.852. The van der Waals surface area contributed by atoms with Crippen molar-refractivity contribution in [2.75, 3.05) is 19.0 Å². The molecular formula is C16H19N3O3S. The Labute approximate surface area is 139 Å². The molecule has 0 radical (unpaired) electrons. The molecule has 1 N–H and O–H groups in total. The Morgan fingerprint density at radius 2 is 2.22 bits per heavy atom. The van der Waals surface area contributed by atoms with E-state index >= 15 is 0 Å². The Morgan fingerprint density at radius 1 is 1.43 bits per heavy atom. The van der Waals surface area contributed by atoms with Crippen LogP contribution in [0.4, 0.5) is 15.3 Å². The van der Waals surface area contributed by atoms with E-state index in [9.17, 15) is 9.59 Å². The molecule has 2 heterocycles. The van der Waals surface area contributed by atoms with Gasteiger partial charge in [-0.2, -0.15) is 5.10 Å². The molecule has 2 aliphatic rings. The Morgan fingerprint density at radius 3 is 2.96 bits per heavy atom. The van der Waals surface area contributed by atoms with Gasteiger partial charge < -0.3 is 10.1 Å². The zero-order valence-electron chi connectivity index (χ0n) is 13.4. The third kappa shape index (κ3) is 2.93. The average Bonchev–Trinajstić information content (AvgIpc) is 2.53. The molecule has 0 aliphatic carbocycles. The largest absolute Gasteiger partial charge is 0.451 e. The van der Waals surface area contributed by atoms with Crippen LogP contribution in [0.25, 0.3) is 0 Å². The zero-order valence-corrected chi connectivity index (χ0v) is 14.2. The van der Waals surface area contributed by atoms with Crippen molar-refractivity contribution in [2.24, 2.45) is 5.10 Å². The highest BCUT2D eigenvalue weighted by Crippen LogP contribution is 2.37. The summed E-state index contributed by atoms with van der Waals surface area (Å²) >= 11 is 1.08. The first kappa shape index (κ1) is 15.9. The molecule has 0 aromatic heterocycles. The molecule has 7 heteroatoms. The summed E-state index contributed by atoms with van der Waals surface area (Å²) in [7, 11) is 1.24. The highest BCUT2D eigenvalue weighted by Gasteiger charge is 2.40. The zero-order chi connectivity index (χ0) is 16.6. The van der Waals surface area contributed by atoms with E-state index in [1.807, 2.05) is 26.0 Å². The number of ether oxygens (including phenoxy) is 1. The molecule has 122 valence electrons. The Bertz CT molecular complexity index is 700. The monoisotopic (exact) mass is 333 g/mol. The normalized spacial score (nSPS) is 19.5. The highest BCUT2D eigenvalue weighted by atomic mass is 32.2. The number of methoxy groups -OCH3 is 1. The maximum absolute atomic E-state index is 12.1. The summed E-state index contributed by atoms with van der Waals surface area (Å²) in [6, 6.07) is 6.10. The minimum atomic E-state index is -0.768. The average molecular weight is 333 g/mol. The Balaban J connectivity index is 2.04. The van der Waals surface area contributed by atoms with Crippen molar-refractivity contribution in [2.45, 2.75) is 31.4 Å². The molecule has 0 saturated heterocycles. The molecule has 6 nitrogen and oxygen atoms in total. The van der Waals surface area contributed by atoms with Gasteiger partial charge in [-0.3, -0.25) is 4.79 Å². The molecule has 0 spiro atoms. The highest BCUT2D eigenvalue weighted by molar-refractivity contribution is 8.15. The van der Waals surface area contributed by atoms with Crippen molar-refractivity contribution in [3.8, 4) is 0 Å². The van der Waals surface area contributed by atoms with E-state index in [0.717, 1.165) is 47.4 Å². The first-order chi connectivity index (χ1) is 10.9. The van der Waals surface area contributed by atoms with Crippen LogP contribution in [-0.4, -0.2) is 40.5 Å². The van der Waals surface area contributed by atoms with Crippen molar-refractivity contribution >= 4 is 34.5 Å². The fraction of sp³-hybridized carbons (Fsp3) is 0.438. The molecule has 0 fully saturated rings. The van der Waals surface area contributed by atoms with Crippen LogP contribution >= 0.6 is 11.8 Å². The number of benzene rings is 1. The lowest BCUT2D eigenvalue weighted by Crippen LogP contribution is -2.43. The summed E-state index contributed by atoms with van der Waals surface area (Å²) in [4.78, 5) is 23.8. The van der Waals surface area contributed by atoms with Gasteiger partial charge in [0.2, 0.25) is 0 Å². The maximum Gasteiger partial charge on any atom is 0.438 e. The molecule has 23 heavy (non-hydrogen) atoms. The van der Waals surface area contributed by atoms with E-state index in [2.05, 4.69) is 21.2 Å². The van der Waals surface area contributed by atoms with Gasteiger partial charge in [0.25, 0.3) is 0 Å². The number of fused-ring (bicyclic) bond motifs is 1. The second-order valence-corrected chi connectivity index (χ2v) is 7.58. The van der Waals surface area contributed by atoms with Crippen LogP contribution in [0.15, 0.2) is 23.3 Å². The number of aryl methyl sites for hydroxylation is 1. The Kier molecular flexibility index (Phi) is 4.06. The van der Waals surface area contributed by atoms with Gasteiger partial charge in [-0.25, -0.2) is 4.79 Å². The predicted octanol–water partition coefficient (Wildman–Crippen LogP) is 3.46. The van der Waals surface area contributed by atoms with Crippen LogP contribution in [-0.2, 0) is 11.2 Å². The number of amides is 2. The summed E-state index contributed by atoms with van der Waals surface area (Å²) in [5.74, 6) is 0. The smallest absolute Gasteiger partial charge is 0.438 e.